The number of amides is 1. The van der Waals surface area contributed by atoms with Crippen molar-refractivity contribution in [2.75, 3.05) is 37.7 Å². The van der Waals surface area contributed by atoms with Crippen LogP contribution in [0.3, 0.4) is 0 Å². The standard InChI is InChI=1S/C16H23N3O4/c1-2-3-4-7-17-16(20)14-12-13(19(21)22)5-6-15(14)18-8-10-23-11-9-18/h5-6,12H,2-4,7-11H2,1H3,(H,17,20). The van der Waals surface area contributed by atoms with Gasteiger partial charge in [0.1, 0.15) is 0 Å². The van der Waals surface area contributed by atoms with Crippen LogP contribution in [-0.4, -0.2) is 43.7 Å². The molecule has 1 aromatic rings. The maximum absolute atomic E-state index is 12.5. The van der Waals surface area contributed by atoms with E-state index in [4.69, 9.17) is 4.74 Å². The van der Waals surface area contributed by atoms with Crippen molar-refractivity contribution in [3.05, 3.63) is 33.9 Å². The van der Waals surface area contributed by atoms with E-state index >= 15 is 0 Å². The van der Waals surface area contributed by atoms with Crippen molar-refractivity contribution in [1.82, 2.24) is 5.32 Å². The van der Waals surface area contributed by atoms with Crippen molar-refractivity contribution < 1.29 is 14.5 Å². The van der Waals surface area contributed by atoms with Crippen molar-refractivity contribution in [3.8, 4) is 0 Å². The van der Waals surface area contributed by atoms with Gasteiger partial charge in [0.25, 0.3) is 11.6 Å². The summed E-state index contributed by atoms with van der Waals surface area (Å²) in [5.74, 6) is -0.258. The van der Waals surface area contributed by atoms with Gasteiger partial charge in [-0.2, -0.15) is 0 Å². The number of nitrogens with one attached hydrogen (secondary N) is 1. The second-order valence-electron chi connectivity index (χ2n) is 5.52. The molecule has 1 N–H and O–H groups in total. The van der Waals surface area contributed by atoms with Crippen LogP contribution in [0.15, 0.2) is 18.2 Å². The zero-order chi connectivity index (χ0) is 16.7. The number of non-ortho nitro benzene ring substituents is 1. The maximum atomic E-state index is 12.5. The number of nitro benzene ring substituents is 1. The molecule has 126 valence electrons. The SMILES string of the molecule is CCCCCNC(=O)c1cc([N+](=O)[O-])ccc1N1CCOCC1. The molecule has 1 saturated heterocycles. The first kappa shape index (κ1) is 17.2. The minimum atomic E-state index is -0.475. The van der Waals surface area contributed by atoms with Gasteiger partial charge in [0.2, 0.25) is 0 Å². The number of benzene rings is 1. The van der Waals surface area contributed by atoms with Crippen molar-refractivity contribution >= 4 is 17.3 Å². The third-order valence-electron chi connectivity index (χ3n) is 3.85. The van der Waals surface area contributed by atoms with E-state index < -0.39 is 4.92 Å². The van der Waals surface area contributed by atoms with Gasteiger partial charge in [0, 0.05) is 31.8 Å². The predicted octanol–water partition coefficient (Wildman–Crippen LogP) is 2.35. The van der Waals surface area contributed by atoms with Crippen LogP contribution >= 0.6 is 0 Å². The van der Waals surface area contributed by atoms with Crippen LogP contribution in [0.1, 0.15) is 36.5 Å². The van der Waals surface area contributed by atoms with Gasteiger partial charge in [-0.25, -0.2) is 0 Å². The van der Waals surface area contributed by atoms with Crippen LogP contribution in [0.2, 0.25) is 0 Å². The normalized spacial score (nSPS) is 14.6. The summed E-state index contributed by atoms with van der Waals surface area (Å²) in [6, 6.07) is 4.46. The number of hydrogen-bond donors (Lipinski definition) is 1. The molecule has 0 aromatic heterocycles. The van der Waals surface area contributed by atoms with Gasteiger partial charge in [-0.1, -0.05) is 19.8 Å². The number of nitro groups is 1. The van der Waals surface area contributed by atoms with Crippen LogP contribution in [0.5, 0.6) is 0 Å². The third kappa shape index (κ3) is 4.66. The van der Waals surface area contributed by atoms with Gasteiger partial charge >= 0.3 is 0 Å². The lowest BCUT2D eigenvalue weighted by molar-refractivity contribution is -0.384. The average Bonchev–Trinajstić information content (AvgIpc) is 2.58. The topological polar surface area (TPSA) is 84.7 Å². The fourth-order valence-corrected chi connectivity index (χ4v) is 2.57. The molecule has 1 heterocycles. The third-order valence-corrected chi connectivity index (χ3v) is 3.85. The Labute approximate surface area is 135 Å². The Morgan fingerprint density at radius 1 is 1.35 bits per heavy atom. The fourth-order valence-electron chi connectivity index (χ4n) is 2.57. The number of nitrogens with zero attached hydrogens (tertiary/aromatic N) is 2. The van der Waals surface area contributed by atoms with E-state index in [0.717, 1.165) is 24.9 Å². The summed E-state index contributed by atoms with van der Waals surface area (Å²) < 4.78 is 5.32. The van der Waals surface area contributed by atoms with E-state index in [9.17, 15) is 14.9 Å². The molecule has 1 fully saturated rings. The fraction of sp³-hybridized carbons (Fsp3) is 0.562. The molecule has 1 aliphatic heterocycles. The van der Waals surface area contributed by atoms with Gasteiger partial charge in [-0.05, 0) is 12.5 Å². The summed E-state index contributed by atoms with van der Waals surface area (Å²) in [7, 11) is 0. The molecule has 1 aliphatic rings. The molecule has 0 bridgehead atoms. The Morgan fingerprint density at radius 3 is 2.74 bits per heavy atom. The Balaban J connectivity index is 2.19. The molecular weight excluding hydrogens is 298 g/mol. The van der Waals surface area contributed by atoms with Gasteiger partial charge in [-0.3, -0.25) is 14.9 Å². The van der Waals surface area contributed by atoms with Crippen LogP contribution in [-0.2, 0) is 4.74 Å². The van der Waals surface area contributed by atoms with E-state index in [1.807, 2.05) is 4.90 Å². The Hall–Kier alpha value is -2.15. The smallest absolute Gasteiger partial charge is 0.270 e. The summed E-state index contributed by atoms with van der Waals surface area (Å²) in [5, 5.41) is 13.9. The molecule has 1 amide bonds. The lowest BCUT2D eigenvalue weighted by Gasteiger charge is -2.30. The first-order valence-corrected chi connectivity index (χ1v) is 8.02. The van der Waals surface area contributed by atoms with Gasteiger partial charge in [0.15, 0.2) is 0 Å². The molecule has 7 nitrogen and oxygen atoms in total. The number of hydrogen-bond acceptors (Lipinski definition) is 5. The molecule has 0 saturated carbocycles. The van der Waals surface area contributed by atoms with Crippen molar-refractivity contribution in [2.45, 2.75) is 26.2 Å². The number of ether oxygens (including phenoxy) is 1. The molecule has 2 rings (SSSR count). The van der Waals surface area contributed by atoms with E-state index in [1.165, 1.54) is 12.1 Å². The second kappa shape index (κ2) is 8.47. The van der Waals surface area contributed by atoms with E-state index in [1.54, 1.807) is 6.07 Å². The van der Waals surface area contributed by atoms with Gasteiger partial charge in [0.05, 0.1) is 29.4 Å². The van der Waals surface area contributed by atoms with E-state index in [0.29, 0.717) is 38.4 Å². The zero-order valence-corrected chi connectivity index (χ0v) is 13.4. The number of rotatable bonds is 7. The quantitative estimate of drug-likeness (QED) is 0.473. The largest absolute Gasteiger partial charge is 0.378 e. The molecule has 0 radical (unpaired) electrons. The highest BCUT2D eigenvalue weighted by atomic mass is 16.6. The summed E-state index contributed by atoms with van der Waals surface area (Å²) in [5.41, 5.74) is 1.02. The summed E-state index contributed by atoms with van der Waals surface area (Å²) >= 11 is 0. The number of morpholine rings is 1. The van der Waals surface area contributed by atoms with Crippen LogP contribution in [0.25, 0.3) is 0 Å². The Kier molecular flexibility index (Phi) is 6.34. The van der Waals surface area contributed by atoms with Crippen LogP contribution in [0.4, 0.5) is 11.4 Å². The van der Waals surface area contributed by atoms with Crippen LogP contribution in [0, 0.1) is 10.1 Å². The Morgan fingerprint density at radius 2 is 2.09 bits per heavy atom. The molecule has 0 spiro atoms. The Bertz CT molecular complexity index is 556. The highest BCUT2D eigenvalue weighted by molar-refractivity contribution is 6.00. The summed E-state index contributed by atoms with van der Waals surface area (Å²) in [4.78, 5) is 25.0. The first-order valence-electron chi connectivity index (χ1n) is 8.02. The van der Waals surface area contributed by atoms with Crippen LogP contribution < -0.4 is 10.2 Å². The van der Waals surface area contributed by atoms with E-state index in [2.05, 4.69) is 12.2 Å². The minimum absolute atomic E-state index is 0.0688. The maximum Gasteiger partial charge on any atom is 0.270 e. The monoisotopic (exact) mass is 321 g/mol. The highest BCUT2D eigenvalue weighted by Crippen LogP contribution is 2.26. The zero-order valence-electron chi connectivity index (χ0n) is 13.4. The molecule has 0 aliphatic carbocycles. The van der Waals surface area contributed by atoms with Crippen molar-refractivity contribution in [3.63, 3.8) is 0 Å². The van der Waals surface area contributed by atoms with Crippen molar-refractivity contribution in [2.24, 2.45) is 0 Å². The van der Waals surface area contributed by atoms with Gasteiger partial charge in [-0.15, -0.1) is 0 Å². The molecule has 23 heavy (non-hydrogen) atoms. The summed E-state index contributed by atoms with van der Waals surface area (Å²) in [6.45, 7) is 5.21. The lowest BCUT2D eigenvalue weighted by atomic mass is 10.1. The summed E-state index contributed by atoms with van der Waals surface area (Å²) in [6.07, 6.45) is 3.03. The predicted molar refractivity (Wildman–Crippen MR) is 88.0 cm³/mol. The molecule has 0 atom stereocenters. The second-order valence-corrected chi connectivity index (χ2v) is 5.52. The molecule has 1 aromatic carbocycles. The lowest BCUT2D eigenvalue weighted by Crippen LogP contribution is -2.38. The molecular formula is C16H23N3O4. The first-order chi connectivity index (χ1) is 11.1. The number of unbranched alkanes of at least 4 members (excludes halogenated alkanes) is 2. The number of carbonyl (C=O) groups is 1. The minimum Gasteiger partial charge on any atom is -0.378 e. The van der Waals surface area contributed by atoms with E-state index in [-0.39, 0.29) is 11.6 Å². The molecule has 0 unspecified atom stereocenters. The van der Waals surface area contributed by atoms with Gasteiger partial charge < -0.3 is 15.0 Å². The van der Waals surface area contributed by atoms with Crippen molar-refractivity contribution in [1.29, 1.82) is 0 Å². The highest BCUT2D eigenvalue weighted by Gasteiger charge is 2.21. The number of anilines is 1. The molecule has 7 heteroatoms. The average molecular weight is 321 g/mol. The number of carbonyl (C=O) groups excluding carboxylic acids is 1.